The average molecular weight is 717 g/mol. The van der Waals surface area contributed by atoms with E-state index in [9.17, 15) is 0 Å². The Kier molecular flexibility index (Phi) is 14.7. The van der Waals surface area contributed by atoms with Gasteiger partial charge in [0, 0.05) is 22.5 Å². The van der Waals surface area contributed by atoms with Gasteiger partial charge in [0.05, 0.1) is 6.10 Å². The molecule has 2 aliphatic rings. The van der Waals surface area contributed by atoms with Crippen molar-refractivity contribution in [2.24, 2.45) is 11.8 Å². The van der Waals surface area contributed by atoms with Gasteiger partial charge in [0.1, 0.15) is 24.7 Å². The number of unbranched alkanes of at least 4 members (excludes halogenated alkanes) is 1. The molecular formula is C40H61IO3. The first-order chi connectivity index (χ1) is 21.5. The van der Waals surface area contributed by atoms with Crippen LogP contribution in [0.2, 0.25) is 0 Å². The summed E-state index contributed by atoms with van der Waals surface area (Å²) < 4.78 is 20.6. The van der Waals surface area contributed by atoms with Gasteiger partial charge in [-0.2, -0.15) is 0 Å². The van der Waals surface area contributed by atoms with Gasteiger partial charge in [0.15, 0.2) is 0 Å². The van der Waals surface area contributed by atoms with E-state index in [0.717, 1.165) is 34.7 Å². The Bertz CT molecular complexity index is 1060. The molecule has 44 heavy (non-hydrogen) atoms. The van der Waals surface area contributed by atoms with Gasteiger partial charge in [-0.05, 0) is 97.6 Å². The second kappa shape index (κ2) is 18.2. The van der Waals surface area contributed by atoms with Crippen molar-refractivity contribution in [3.8, 4) is 11.5 Å². The van der Waals surface area contributed by atoms with Gasteiger partial charge in [0.2, 0.25) is 0 Å². The van der Waals surface area contributed by atoms with Gasteiger partial charge in [-0.15, -0.1) is 0 Å². The molecule has 0 spiro atoms. The van der Waals surface area contributed by atoms with Crippen LogP contribution in [0.1, 0.15) is 152 Å². The van der Waals surface area contributed by atoms with Crippen molar-refractivity contribution >= 4 is 22.6 Å². The van der Waals surface area contributed by atoms with Crippen LogP contribution in [0.25, 0.3) is 0 Å². The summed E-state index contributed by atoms with van der Waals surface area (Å²) in [5.41, 5.74) is 5.78. The van der Waals surface area contributed by atoms with Crippen LogP contribution in [0.4, 0.5) is 0 Å². The monoisotopic (exact) mass is 716 g/mol. The summed E-state index contributed by atoms with van der Waals surface area (Å²) in [4.78, 5) is 0. The Morgan fingerprint density at radius 3 is 2.00 bits per heavy atom. The van der Waals surface area contributed by atoms with Crippen LogP contribution in [0.15, 0.2) is 36.4 Å². The number of hydrogen-bond acceptors (Lipinski definition) is 3. The van der Waals surface area contributed by atoms with Crippen molar-refractivity contribution in [1.82, 2.24) is 0 Å². The van der Waals surface area contributed by atoms with Crippen molar-refractivity contribution in [3.05, 3.63) is 58.7 Å². The molecule has 0 saturated heterocycles. The van der Waals surface area contributed by atoms with Crippen molar-refractivity contribution < 1.29 is 14.2 Å². The van der Waals surface area contributed by atoms with Crippen LogP contribution in [0, 0.1) is 11.8 Å². The second-order valence-corrected chi connectivity index (χ2v) is 14.7. The summed E-state index contributed by atoms with van der Waals surface area (Å²) in [5.74, 6) is 3.87. The van der Waals surface area contributed by atoms with Crippen LogP contribution in [0.3, 0.4) is 0 Å². The van der Waals surface area contributed by atoms with Gasteiger partial charge in [-0.25, -0.2) is 0 Å². The Labute approximate surface area is 283 Å². The first kappa shape index (κ1) is 35.6. The molecule has 0 N–H and O–H groups in total. The number of methoxy groups -OCH3 is 1. The van der Waals surface area contributed by atoms with Crippen molar-refractivity contribution in [1.29, 1.82) is 0 Å². The van der Waals surface area contributed by atoms with Crippen LogP contribution >= 0.6 is 22.6 Å². The Balaban J connectivity index is 1.56. The predicted octanol–water partition coefficient (Wildman–Crippen LogP) is 11.9. The molecule has 0 aliphatic heterocycles. The molecule has 2 aromatic rings. The Morgan fingerprint density at radius 1 is 0.818 bits per heavy atom. The fraction of sp³-hybridized carbons (Fsp3) is 0.700. The third kappa shape index (κ3) is 9.17. The van der Waals surface area contributed by atoms with E-state index < -0.39 is 0 Å². The number of aryl methyl sites for hydroxylation is 1. The lowest BCUT2D eigenvalue weighted by Crippen LogP contribution is -2.23. The highest BCUT2D eigenvalue weighted by Gasteiger charge is 2.33. The lowest BCUT2D eigenvalue weighted by molar-refractivity contribution is 0.0327. The summed E-state index contributed by atoms with van der Waals surface area (Å²) >= 11 is 2.55. The van der Waals surface area contributed by atoms with Crippen LogP contribution in [-0.2, 0) is 16.6 Å². The molecule has 2 fully saturated rings. The van der Waals surface area contributed by atoms with E-state index >= 15 is 0 Å². The molecule has 2 aliphatic carbocycles. The first-order valence-electron chi connectivity index (χ1n) is 18.1. The van der Waals surface area contributed by atoms with E-state index in [1.54, 1.807) is 0 Å². The standard InChI is InChI=1S/C40H61IO3/c1-6-9-24-40(4,29-41)33-20-22-34(23-21-33)43-25-26-44-39-36(35(8-3)31-16-12-10-13-17-31)27-30(7-2)28-37(39)38(42-5)32-18-14-11-15-19-32/h20-23,27-28,31-32,35,38H,6-19,24-26,29H2,1-5H3. The molecule has 0 aromatic heterocycles. The maximum absolute atomic E-state index is 6.87. The number of benzene rings is 2. The number of alkyl halides is 1. The van der Waals surface area contributed by atoms with Gasteiger partial charge < -0.3 is 14.2 Å². The fourth-order valence-electron chi connectivity index (χ4n) is 8.06. The number of rotatable bonds is 17. The number of hydrogen-bond donors (Lipinski definition) is 0. The molecule has 246 valence electrons. The molecule has 4 heteroatoms. The minimum atomic E-state index is 0.0906. The molecular weight excluding hydrogens is 655 g/mol. The molecule has 3 unspecified atom stereocenters. The van der Waals surface area contributed by atoms with Crippen molar-refractivity contribution in [2.45, 2.75) is 141 Å². The molecule has 4 rings (SSSR count). The zero-order valence-corrected chi connectivity index (χ0v) is 30.8. The van der Waals surface area contributed by atoms with Crippen LogP contribution < -0.4 is 9.47 Å². The fourth-order valence-corrected chi connectivity index (χ4v) is 8.88. The number of ether oxygens (including phenoxy) is 3. The number of halogens is 1. The zero-order valence-electron chi connectivity index (χ0n) is 28.6. The minimum Gasteiger partial charge on any atom is -0.490 e. The molecule has 0 bridgehead atoms. The lowest BCUT2D eigenvalue weighted by atomic mass is 9.74. The van der Waals surface area contributed by atoms with E-state index in [4.69, 9.17) is 14.2 Å². The van der Waals surface area contributed by atoms with E-state index in [2.05, 4.69) is 86.7 Å². The SMILES string of the molecule is CCCCC(C)(CI)c1ccc(OCCOc2c(C(CC)C3CCCCC3)cc(CC)cc2C(OC)C2CCCCC2)cc1. The summed E-state index contributed by atoms with van der Waals surface area (Å²) in [5, 5.41) is 0. The van der Waals surface area contributed by atoms with Gasteiger partial charge in [-0.1, -0.05) is 120 Å². The quantitative estimate of drug-likeness (QED) is 0.0927. The Morgan fingerprint density at radius 2 is 1.43 bits per heavy atom. The first-order valence-corrected chi connectivity index (χ1v) is 19.6. The average Bonchev–Trinajstić information content (AvgIpc) is 3.08. The summed E-state index contributed by atoms with van der Waals surface area (Å²) in [6, 6.07) is 13.7. The smallest absolute Gasteiger partial charge is 0.128 e. The molecule has 3 atom stereocenters. The second-order valence-electron chi connectivity index (χ2n) is 13.9. The summed E-state index contributed by atoms with van der Waals surface area (Å²) in [6.45, 7) is 10.4. The summed E-state index contributed by atoms with van der Waals surface area (Å²) in [6.07, 6.45) is 19.3. The highest BCUT2D eigenvalue weighted by atomic mass is 127. The highest BCUT2D eigenvalue weighted by Crippen LogP contribution is 2.47. The third-order valence-corrected chi connectivity index (χ3v) is 12.5. The third-order valence-electron chi connectivity index (χ3n) is 10.8. The summed E-state index contributed by atoms with van der Waals surface area (Å²) in [7, 11) is 1.91. The van der Waals surface area contributed by atoms with E-state index in [0.29, 0.717) is 25.0 Å². The van der Waals surface area contributed by atoms with E-state index in [-0.39, 0.29) is 11.5 Å². The molecule has 3 nitrogen and oxygen atoms in total. The lowest BCUT2D eigenvalue weighted by Gasteiger charge is -2.35. The van der Waals surface area contributed by atoms with Gasteiger partial charge in [0.25, 0.3) is 0 Å². The molecule has 2 aromatic carbocycles. The zero-order chi connectivity index (χ0) is 31.4. The molecule has 0 heterocycles. The molecule has 0 amide bonds. The van der Waals surface area contributed by atoms with Gasteiger partial charge >= 0.3 is 0 Å². The topological polar surface area (TPSA) is 27.7 Å². The predicted molar refractivity (Wildman–Crippen MR) is 195 cm³/mol. The molecule has 2 saturated carbocycles. The van der Waals surface area contributed by atoms with Crippen molar-refractivity contribution in [3.63, 3.8) is 0 Å². The van der Waals surface area contributed by atoms with E-state index in [1.165, 1.54) is 106 Å². The van der Waals surface area contributed by atoms with Crippen molar-refractivity contribution in [2.75, 3.05) is 24.8 Å². The maximum atomic E-state index is 6.87. The molecule has 0 radical (unpaired) electrons. The normalized spacial score (nSPS) is 19.3. The minimum absolute atomic E-state index is 0.0906. The van der Waals surface area contributed by atoms with Gasteiger partial charge in [-0.3, -0.25) is 0 Å². The maximum Gasteiger partial charge on any atom is 0.128 e. The van der Waals surface area contributed by atoms with Crippen LogP contribution in [0.5, 0.6) is 11.5 Å². The largest absolute Gasteiger partial charge is 0.490 e. The van der Waals surface area contributed by atoms with E-state index in [1.807, 2.05) is 7.11 Å². The Hall–Kier alpha value is -1.27. The van der Waals surface area contributed by atoms with Crippen LogP contribution in [-0.4, -0.2) is 24.8 Å². The highest BCUT2D eigenvalue weighted by molar-refractivity contribution is 14.1.